The average Bonchev–Trinajstić information content (AvgIpc) is 2.66. The van der Waals surface area contributed by atoms with Crippen LogP contribution in [0.2, 0.25) is 5.02 Å². The van der Waals surface area contributed by atoms with Crippen molar-refractivity contribution in [1.29, 1.82) is 5.41 Å². The lowest BCUT2D eigenvalue weighted by Crippen LogP contribution is -2.31. The zero-order valence-electron chi connectivity index (χ0n) is 10.1. The molecule has 3 rings (SSSR count). The van der Waals surface area contributed by atoms with Gasteiger partial charge in [0.2, 0.25) is 0 Å². The lowest BCUT2D eigenvalue weighted by Gasteiger charge is -2.23. The van der Waals surface area contributed by atoms with Gasteiger partial charge in [0, 0.05) is 11.6 Å². The van der Waals surface area contributed by atoms with Crippen molar-refractivity contribution in [2.75, 3.05) is 13.1 Å². The van der Waals surface area contributed by atoms with E-state index in [0.29, 0.717) is 10.7 Å². The lowest BCUT2D eigenvalue weighted by molar-refractivity contribution is 0.334. The first-order valence-electron chi connectivity index (χ1n) is 6.28. The fourth-order valence-electron chi connectivity index (χ4n) is 2.57. The minimum Gasteiger partial charge on any atom is -0.317 e. The van der Waals surface area contributed by atoms with E-state index < -0.39 is 0 Å². The summed E-state index contributed by atoms with van der Waals surface area (Å²) in [5, 5.41) is 12.2. The maximum atomic E-state index is 8.11. The average molecular weight is 282 g/mol. The van der Waals surface area contributed by atoms with Crippen molar-refractivity contribution < 1.29 is 0 Å². The predicted octanol–water partition coefficient (Wildman–Crippen LogP) is 2.84. The number of halogens is 1. The molecule has 3 nitrogen and oxygen atoms in total. The van der Waals surface area contributed by atoms with E-state index in [1.54, 1.807) is 0 Å². The summed E-state index contributed by atoms with van der Waals surface area (Å²) in [6.07, 6.45) is 2.41. The fraction of sp³-hybridized carbons (Fsp3) is 0.462. The lowest BCUT2D eigenvalue weighted by atomic mass is 9.98. The van der Waals surface area contributed by atoms with Crippen LogP contribution in [-0.4, -0.2) is 17.7 Å². The fourth-order valence-corrected chi connectivity index (χ4v) is 3.76. The Hall–Kier alpha value is -0.840. The van der Waals surface area contributed by atoms with Gasteiger partial charge in [-0.15, -0.1) is 0 Å². The van der Waals surface area contributed by atoms with Gasteiger partial charge in [-0.3, -0.25) is 5.41 Å². The molecule has 5 heteroatoms. The molecule has 0 saturated carbocycles. The Balaban J connectivity index is 1.95. The molecule has 18 heavy (non-hydrogen) atoms. The highest BCUT2D eigenvalue weighted by atomic mass is 35.5. The number of benzene rings is 1. The Morgan fingerprint density at radius 3 is 2.94 bits per heavy atom. The molecule has 1 fully saturated rings. The van der Waals surface area contributed by atoms with E-state index in [-0.39, 0.29) is 0 Å². The van der Waals surface area contributed by atoms with Crippen molar-refractivity contribution in [2.24, 2.45) is 5.92 Å². The standard InChI is InChI=1S/C13H16ClN3S/c14-10-1-2-11-12(7-10)18-13(15)17(11)8-9-3-5-16-6-4-9/h1-2,7,9,15-16H,3-6,8H2. The maximum Gasteiger partial charge on any atom is 0.182 e. The Morgan fingerprint density at radius 2 is 2.17 bits per heavy atom. The molecule has 0 amide bonds. The first kappa shape index (κ1) is 12.2. The van der Waals surface area contributed by atoms with Crippen LogP contribution >= 0.6 is 22.9 Å². The molecule has 1 saturated heterocycles. The minimum absolute atomic E-state index is 0.630. The summed E-state index contributed by atoms with van der Waals surface area (Å²) in [5.74, 6) is 0.689. The number of nitrogens with zero attached hydrogens (tertiary/aromatic N) is 1. The third-order valence-corrected chi connectivity index (χ3v) is 4.76. The van der Waals surface area contributed by atoms with Crippen molar-refractivity contribution in [2.45, 2.75) is 19.4 Å². The SMILES string of the molecule is N=c1sc2cc(Cl)ccc2n1CC1CCNCC1. The molecule has 0 unspecified atom stereocenters. The van der Waals surface area contributed by atoms with Crippen LogP contribution in [0.4, 0.5) is 0 Å². The highest BCUT2D eigenvalue weighted by Gasteiger charge is 2.15. The summed E-state index contributed by atoms with van der Waals surface area (Å²) < 4.78 is 3.24. The number of piperidine rings is 1. The molecule has 2 aromatic rings. The number of hydrogen-bond acceptors (Lipinski definition) is 3. The van der Waals surface area contributed by atoms with E-state index in [0.717, 1.165) is 34.9 Å². The summed E-state index contributed by atoms with van der Waals surface area (Å²) in [6, 6.07) is 5.90. The molecular weight excluding hydrogens is 266 g/mol. The van der Waals surface area contributed by atoms with Crippen molar-refractivity contribution >= 4 is 33.2 Å². The molecule has 2 heterocycles. The number of nitrogens with one attached hydrogen (secondary N) is 2. The van der Waals surface area contributed by atoms with Gasteiger partial charge in [0.15, 0.2) is 4.80 Å². The molecule has 1 aliphatic rings. The molecule has 0 radical (unpaired) electrons. The van der Waals surface area contributed by atoms with Crippen LogP contribution < -0.4 is 10.1 Å². The molecule has 1 aliphatic heterocycles. The second-order valence-electron chi connectivity index (χ2n) is 4.82. The topological polar surface area (TPSA) is 40.8 Å². The number of rotatable bonds is 2. The van der Waals surface area contributed by atoms with Gasteiger partial charge in [0.05, 0.1) is 10.2 Å². The smallest absolute Gasteiger partial charge is 0.182 e. The molecule has 0 spiro atoms. The Bertz CT molecular complexity index is 610. The summed E-state index contributed by atoms with van der Waals surface area (Å²) in [5.41, 5.74) is 1.15. The van der Waals surface area contributed by atoms with Gasteiger partial charge in [-0.1, -0.05) is 22.9 Å². The van der Waals surface area contributed by atoms with Gasteiger partial charge < -0.3 is 9.88 Å². The second-order valence-corrected chi connectivity index (χ2v) is 6.29. The highest BCUT2D eigenvalue weighted by molar-refractivity contribution is 7.16. The third kappa shape index (κ3) is 2.32. The minimum atomic E-state index is 0.630. The van der Waals surface area contributed by atoms with E-state index in [4.69, 9.17) is 17.0 Å². The van der Waals surface area contributed by atoms with Gasteiger partial charge in [-0.25, -0.2) is 0 Å². The largest absolute Gasteiger partial charge is 0.317 e. The Morgan fingerprint density at radius 1 is 1.39 bits per heavy atom. The summed E-state index contributed by atoms with van der Waals surface area (Å²) >= 11 is 7.51. The van der Waals surface area contributed by atoms with Gasteiger partial charge in [0.1, 0.15) is 0 Å². The number of fused-ring (bicyclic) bond motifs is 1. The van der Waals surface area contributed by atoms with Gasteiger partial charge >= 0.3 is 0 Å². The van der Waals surface area contributed by atoms with E-state index in [2.05, 4.69) is 9.88 Å². The monoisotopic (exact) mass is 281 g/mol. The zero-order chi connectivity index (χ0) is 12.5. The maximum absolute atomic E-state index is 8.11. The molecular formula is C13H16ClN3S. The first-order chi connectivity index (χ1) is 8.74. The van der Waals surface area contributed by atoms with Gasteiger partial charge in [-0.05, 0) is 50.0 Å². The summed E-state index contributed by atoms with van der Waals surface area (Å²) in [6.45, 7) is 3.17. The first-order valence-corrected chi connectivity index (χ1v) is 7.48. The predicted molar refractivity (Wildman–Crippen MR) is 76.3 cm³/mol. The molecule has 1 aromatic heterocycles. The van der Waals surface area contributed by atoms with Crippen LogP contribution in [0.25, 0.3) is 10.2 Å². The van der Waals surface area contributed by atoms with Gasteiger partial charge in [0.25, 0.3) is 0 Å². The van der Waals surface area contributed by atoms with Crippen LogP contribution in [0.1, 0.15) is 12.8 Å². The molecule has 0 bridgehead atoms. The van der Waals surface area contributed by atoms with E-state index in [1.165, 1.54) is 24.2 Å². The van der Waals surface area contributed by atoms with Crippen LogP contribution in [0.3, 0.4) is 0 Å². The summed E-state index contributed by atoms with van der Waals surface area (Å²) in [7, 11) is 0. The number of hydrogen-bond donors (Lipinski definition) is 2. The molecule has 0 atom stereocenters. The van der Waals surface area contributed by atoms with Crippen molar-refractivity contribution in [3.8, 4) is 0 Å². The van der Waals surface area contributed by atoms with Crippen molar-refractivity contribution in [1.82, 2.24) is 9.88 Å². The second kappa shape index (κ2) is 5.03. The summed E-state index contributed by atoms with van der Waals surface area (Å²) in [4.78, 5) is 0.630. The van der Waals surface area contributed by atoms with E-state index >= 15 is 0 Å². The number of aromatic nitrogens is 1. The third-order valence-electron chi connectivity index (χ3n) is 3.56. The zero-order valence-corrected chi connectivity index (χ0v) is 11.7. The quantitative estimate of drug-likeness (QED) is 0.873. The van der Waals surface area contributed by atoms with Crippen LogP contribution in [0.15, 0.2) is 18.2 Å². The van der Waals surface area contributed by atoms with E-state index in [1.807, 2.05) is 18.2 Å². The van der Waals surface area contributed by atoms with Gasteiger partial charge in [-0.2, -0.15) is 0 Å². The Labute approximate surface area is 115 Å². The van der Waals surface area contributed by atoms with Crippen molar-refractivity contribution in [3.05, 3.63) is 28.0 Å². The molecule has 96 valence electrons. The van der Waals surface area contributed by atoms with Crippen LogP contribution in [0.5, 0.6) is 0 Å². The molecule has 1 aromatic carbocycles. The molecule has 0 aliphatic carbocycles. The van der Waals surface area contributed by atoms with Crippen LogP contribution in [0, 0.1) is 11.3 Å². The normalized spacial score (nSPS) is 17.4. The molecule has 2 N–H and O–H groups in total. The highest BCUT2D eigenvalue weighted by Crippen LogP contribution is 2.23. The van der Waals surface area contributed by atoms with Crippen molar-refractivity contribution in [3.63, 3.8) is 0 Å². The van der Waals surface area contributed by atoms with E-state index in [9.17, 15) is 0 Å². The van der Waals surface area contributed by atoms with Crippen LogP contribution in [-0.2, 0) is 6.54 Å². The number of thiazole rings is 1. The Kier molecular flexibility index (Phi) is 3.41.